The van der Waals surface area contributed by atoms with Crippen LogP contribution >= 0.6 is 35.7 Å². The molecular weight excluding hydrogens is 493 g/mol. The third-order valence-corrected chi connectivity index (χ3v) is 5.71. The molecule has 0 amide bonds. The Hall–Kier alpha value is -1.48. The highest BCUT2D eigenvalue weighted by Gasteiger charge is 2.13. The van der Waals surface area contributed by atoms with Crippen molar-refractivity contribution in [1.29, 1.82) is 0 Å². The molecule has 0 bridgehead atoms. The molecule has 1 aromatic heterocycles. The van der Waals surface area contributed by atoms with E-state index in [-0.39, 0.29) is 24.0 Å². The molecule has 1 aromatic carbocycles. The summed E-state index contributed by atoms with van der Waals surface area (Å²) in [5.41, 5.74) is 3.78. The summed E-state index contributed by atoms with van der Waals surface area (Å²) in [6.07, 6.45) is 6.54. The largest absolute Gasteiger partial charge is 0.357 e. The molecule has 158 valence electrons. The topological polar surface area (TPSA) is 52.6 Å². The molecule has 7 heteroatoms. The Morgan fingerprint density at radius 1 is 1.17 bits per heavy atom. The summed E-state index contributed by atoms with van der Waals surface area (Å²) in [5.74, 6) is 1.92. The van der Waals surface area contributed by atoms with Crippen molar-refractivity contribution in [2.24, 2.45) is 4.99 Å². The smallest absolute Gasteiger partial charge is 0.191 e. The number of hydrogen-bond acceptors (Lipinski definition) is 4. The number of benzene rings is 1. The molecule has 1 aliphatic heterocycles. The number of halogens is 1. The van der Waals surface area contributed by atoms with Crippen LogP contribution in [0.1, 0.15) is 36.5 Å². The van der Waals surface area contributed by atoms with Gasteiger partial charge in [0.1, 0.15) is 5.82 Å². The van der Waals surface area contributed by atoms with Gasteiger partial charge in [-0.15, -0.1) is 35.7 Å². The Morgan fingerprint density at radius 3 is 2.69 bits per heavy atom. The van der Waals surface area contributed by atoms with Gasteiger partial charge in [-0.05, 0) is 67.8 Å². The highest BCUT2D eigenvalue weighted by molar-refractivity contribution is 14.0. The number of guanidine groups is 1. The van der Waals surface area contributed by atoms with Gasteiger partial charge in [0.25, 0.3) is 0 Å². The zero-order valence-electron chi connectivity index (χ0n) is 17.6. The van der Waals surface area contributed by atoms with Crippen LogP contribution in [0.15, 0.2) is 46.4 Å². The Kier molecular flexibility index (Phi) is 10.1. The number of aromatic nitrogens is 1. The monoisotopic (exact) mass is 525 g/mol. The minimum absolute atomic E-state index is 0. The molecule has 0 unspecified atom stereocenters. The van der Waals surface area contributed by atoms with Crippen LogP contribution in [0.5, 0.6) is 0 Å². The molecule has 1 saturated heterocycles. The Morgan fingerprint density at radius 2 is 1.97 bits per heavy atom. The maximum Gasteiger partial charge on any atom is 0.191 e. The first-order valence-electron chi connectivity index (χ1n) is 10.0. The lowest BCUT2D eigenvalue weighted by Gasteiger charge is -2.17. The van der Waals surface area contributed by atoms with E-state index in [0.717, 1.165) is 38.0 Å². The fourth-order valence-electron chi connectivity index (χ4n) is 3.37. The van der Waals surface area contributed by atoms with Gasteiger partial charge in [0.2, 0.25) is 0 Å². The number of aliphatic imine (C=N–C) groups is 1. The summed E-state index contributed by atoms with van der Waals surface area (Å²) >= 11 is 1.79. The van der Waals surface area contributed by atoms with Crippen molar-refractivity contribution in [3.05, 3.63) is 53.2 Å². The predicted molar refractivity (Wildman–Crippen MR) is 136 cm³/mol. The molecule has 0 spiro atoms. The fourth-order valence-corrected chi connectivity index (χ4v) is 4.07. The number of hydrogen-bond donors (Lipinski definition) is 2. The van der Waals surface area contributed by atoms with E-state index < -0.39 is 0 Å². The second kappa shape index (κ2) is 12.3. The van der Waals surface area contributed by atoms with E-state index in [0.29, 0.717) is 6.54 Å². The number of nitrogens with zero attached hydrogens (tertiary/aromatic N) is 3. The lowest BCUT2D eigenvalue weighted by Crippen LogP contribution is -2.36. The van der Waals surface area contributed by atoms with E-state index in [4.69, 9.17) is 4.99 Å². The zero-order chi connectivity index (χ0) is 19.8. The van der Waals surface area contributed by atoms with E-state index in [1.54, 1.807) is 11.8 Å². The maximum absolute atomic E-state index is 4.78. The van der Waals surface area contributed by atoms with Gasteiger partial charge in [0, 0.05) is 37.3 Å². The molecule has 0 radical (unpaired) electrons. The highest BCUT2D eigenvalue weighted by Crippen LogP contribution is 2.22. The number of anilines is 1. The number of thioether (sulfide) groups is 1. The minimum Gasteiger partial charge on any atom is -0.357 e. The standard InChI is InChI=1S/C22H31N5S.HI/c1-4-23-22(26-16-19-8-7-17(2)13-20(19)28-3)25-15-18-9-10-24-21(14-18)27-11-5-6-12-27;/h7-10,13-14H,4-6,11-12,15-16H2,1-3H3,(H2,23,25,26);1H. The molecule has 5 nitrogen and oxygen atoms in total. The molecule has 29 heavy (non-hydrogen) atoms. The fraction of sp³-hybridized carbons (Fsp3) is 0.455. The number of aryl methyl sites for hydroxylation is 1. The maximum atomic E-state index is 4.78. The molecule has 2 N–H and O–H groups in total. The van der Waals surface area contributed by atoms with Crippen LogP contribution in [0.3, 0.4) is 0 Å². The molecule has 1 fully saturated rings. The van der Waals surface area contributed by atoms with Gasteiger partial charge in [-0.3, -0.25) is 0 Å². The molecule has 1 aliphatic rings. The van der Waals surface area contributed by atoms with Crippen LogP contribution in [0.2, 0.25) is 0 Å². The summed E-state index contributed by atoms with van der Waals surface area (Å²) in [4.78, 5) is 13.0. The predicted octanol–water partition coefficient (Wildman–Crippen LogP) is 4.59. The van der Waals surface area contributed by atoms with Gasteiger partial charge < -0.3 is 15.5 Å². The Balaban J connectivity index is 0.00000300. The minimum atomic E-state index is 0. The first kappa shape index (κ1) is 23.8. The Labute approximate surface area is 196 Å². The number of rotatable bonds is 7. The van der Waals surface area contributed by atoms with Gasteiger partial charge in [-0.2, -0.15) is 0 Å². The molecule has 0 aliphatic carbocycles. The Bertz CT molecular complexity index is 806. The second-order valence-corrected chi connectivity index (χ2v) is 7.93. The average molecular weight is 526 g/mol. The van der Waals surface area contributed by atoms with Crippen molar-refractivity contribution in [1.82, 2.24) is 15.6 Å². The molecule has 3 rings (SSSR count). The summed E-state index contributed by atoms with van der Waals surface area (Å²) in [6, 6.07) is 10.8. The second-order valence-electron chi connectivity index (χ2n) is 7.08. The van der Waals surface area contributed by atoms with Crippen molar-refractivity contribution < 1.29 is 0 Å². The first-order chi connectivity index (χ1) is 13.7. The highest BCUT2D eigenvalue weighted by atomic mass is 127. The van der Waals surface area contributed by atoms with Gasteiger partial charge in [0.05, 0.1) is 6.54 Å². The third-order valence-electron chi connectivity index (χ3n) is 4.89. The average Bonchev–Trinajstić information content (AvgIpc) is 3.26. The van der Waals surface area contributed by atoms with Crippen molar-refractivity contribution in [2.75, 3.05) is 30.8 Å². The van der Waals surface area contributed by atoms with Crippen LogP contribution in [-0.4, -0.2) is 36.8 Å². The van der Waals surface area contributed by atoms with Crippen LogP contribution in [0.4, 0.5) is 5.82 Å². The lowest BCUT2D eigenvalue weighted by atomic mass is 10.1. The number of nitrogens with one attached hydrogen (secondary N) is 2. The van der Waals surface area contributed by atoms with Crippen LogP contribution in [0.25, 0.3) is 0 Å². The molecule has 2 aromatic rings. The van der Waals surface area contributed by atoms with Crippen LogP contribution < -0.4 is 15.5 Å². The molecule has 0 saturated carbocycles. The third kappa shape index (κ3) is 7.06. The zero-order valence-corrected chi connectivity index (χ0v) is 20.7. The van der Waals surface area contributed by atoms with E-state index >= 15 is 0 Å². The lowest BCUT2D eigenvalue weighted by molar-refractivity contribution is 0.806. The van der Waals surface area contributed by atoms with E-state index in [9.17, 15) is 0 Å². The normalized spacial score (nSPS) is 13.9. The van der Waals surface area contributed by atoms with E-state index in [2.05, 4.69) is 71.0 Å². The van der Waals surface area contributed by atoms with Crippen molar-refractivity contribution in [3.8, 4) is 0 Å². The summed E-state index contributed by atoms with van der Waals surface area (Å²) in [7, 11) is 0. The first-order valence-corrected chi connectivity index (χ1v) is 11.3. The molecule has 2 heterocycles. The molecular formula is C22H32IN5S. The van der Waals surface area contributed by atoms with Crippen molar-refractivity contribution >= 4 is 47.5 Å². The summed E-state index contributed by atoms with van der Waals surface area (Å²) in [6.45, 7) is 8.68. The van der Waals surface area contributed by atoms with E-state index in [1.165, 1.54) is 34.4 Å². The summed E-state index contributed by atoms with van der Waals surface area (Å²) in [5, 5.41) is 6.82. The van der Waals surface area contributed by atoms with Crippen molar-refractivity contribution in [3.63, 3.8) is 0 Å². The van der Waals surface area contributed by atoms with Gasteiger partial charge >= 0.3 is 0 Å². The van der Waals surface area contributed by atoms with Gasteiger partial charge in [0.15, 0.2) is 5.96 Å². The van der Waals surface area contributed by atoms with Gasteiger partial charge in [-0.25, -0.2) is 9.98 Å². The quantitative estimate of drug-likeness (QED) is 0.240. The van der Waals surface area contributed by atoms with Crippen molar-refractivity contribution in [2.45, 2.75) is 44.7 Å². The van der Waals surface area contributed by atoms with E-state index in [1.807, 2.05) is 6.20 Å². The van der Waals surface area contributed by atoms with Gasteiger partial charge in [-0.1, -0.05) is 12.1 Å². The summed E-state index contributed by atoms with van der Waals surface area (Å²) < 4.78 is 0. The molecule has 0 atom stereocenters. The number of pyridine rings is 1. The van der Waals surface area contributed by atoms with Crippen LogP contribution in [-0.2, 0) is 13.1 Å². The SMILES string of the molecule is CCNC(=NCc1ccnc(N2CCCC2)c1)NCc1ccc(C)cc1SC.I. The van der Waals surface area contributed by atoms with Crippen LogP contribution in [0, 0.1) is 6.92 Å².